The Morgan fingerprint density at radius 2 is 2.14 bits per heavy atom. The summed E-state index contributed by atoms with van der Waals surface area (Å²) in [6.45, 7) is 1.33. The molecule has 0 aliphatic rings. The Kier molecular flexibility index (Phi) is 5.00. The largest absolute Gasteiger partial charge is 0.493 e. The molecule has 1 rings (SSSR count). The maximum atomic E-state index is 12.6. The topological polar surface area (TPSA) is 18.5 Å². The Morgan fingerprint density at radius 1 is 1.36 bits per heavy atom. The minimum absolute atomic E-state index is 0.389. The first-order valence-corrected chi connectivity index (χ1v) is 4.62. The van der Waals surface area contributed by atoms with Gasteiger partial charge in [-0.1, -0.05) is 0 Å². The number of benzene rings is 1. The van der Waals surface area contributed by atoms with Crippen molar-refractivity contribution >= 4 is 0 Å². The molecule has 0 heterocycles. The summed E-state index contributed by atoms with van der Waals surface area (Å²) in [5.41, 5.74) is 0. The zero-order valence-corrected chi connectivity index (χ0v) is 8.25. The second kappa shape index (κ2) is 6.38. The summed E-state index contributed by atoms with van der Waals surface area (Å²) in [4.78, 5) is 0. The SMILES string of the molecule is COCCCCOc1cc[c]c(F)c1. The first-order valence-electron chi connectivity index (χ1n) is 4.62. The van der Waals surface area contributed by atoms with Crippen molar-refractivity contribution in [1.82, 2.24) is 0 Å². The van der Waals surface area contributed by atoms with Crippen molar-refractivity contribution in [3.05, 3.63) is 30.1 Å². The second-order valence-electron chi connectivity index (χ2n) is 2.92. The molecule has 0 fully saturated rings. The molecule has 1 aromatic carbocycles. The number of halogens is 1. The van der Waals surface area contributed by atoms with Gasteiger partial charge in [0.15, 0.2) is 0 Å². The van der Waals surface area contributed by atoms with E-state index in [1.807, 2.05) is 0 Å². The molecule has 1 radical (unpaired) electrons. The smallest absolute Gasteiger partial charge is 0.134 e. The van der Waals surface area contributed by atoms with E-state index in [4.69, 9.17) is 9.47 Å². The summed E-state index contributed by atoms with van der Waals surface area (Å²) in [6, 6.07) is 6.95. The van der Waals surface area contributed by atoms with Crippen LogP contribution in [-0.2, 0) is 4.74 Å². The van der Waals surface area contributed by atoms with Crippen molar-refractivity contribution in [2.45, 2.75) is 12.8 Å². The third-order valence-corrected chi connectivity index (χ3v) is 1.75. The Hall–Kier alpha value is -1.09. The van der Waals surface area contributed by atoms with Crippen molar-refractivity contribution in [2.24, 2.45) is 0 Å². The fourth-order valence-corrected chi connectivity index (χ4v) is 1.05. The monoisotopic (exact) mass is 197 g/mol. The highest BCUT2D eigenvalue weighted by molar-refractivity contribution is 5.21. The number of ether oxygens (including phenoxy) is 2. The highest BCUT2D eigenvalue weighted by Gasteiger charge is 1.95. The van der Waals surface area contributed by atoms with Gasteiger partial charge >= 0.3 is 0 Å². The molecule has 1 aromatic rings. The molecule has 0 aliphatic carbocycles. The van der Waals surface area contributed by atoms with E-state index in [9.17, 15) is 4.39 Å². The molecule has 3 heteroatoms. The van der Waals surface area contributed by atoms with Gasteiger partial charge in [-0.15, -0.1) is 0 Å². The van der Waals surface area contributed by atoms with E-state index < -0.39 is 0 Å². The Morgan fingerprint density at radius 3 is 2.86 bits per heavy atom. The van der Waals surface area contributed by atoms with Gasteiger partial charge in [-0.05, 0) is 25.0 Å². The average Bonchev–Trinajstić information content (AvgIpc) is 2.18. The predicted octanol–water partition coefficient (Wildman–Crippen LogP) is 2.43. The molecule has 0 saturated heterocycles. The summed E-state index contributed by atoms with van der Waals surface area (Å²) in [5.74, 6) is 0.165. The van der Waals surface area contributed by atoms with Gasteiger partial charge in [-0.25, -0.2) is 4.39 Å². The van der Waals surface area contributed by atoms with Crippen LogP contribution in [0.4, 0.5) is 4.39 Å². The molecule has 0 aliphatic heterocycles. The van der Waals surface area contributed by atoms with Crippen LogP contribution in [0.2, 0.25) is 0 Å². The normalized spacial score (nSPS) is 10.1. The second-order valence-corrected chi connectivity index (χ2v) is 2.92. The van der Waals surface area contributed by atoms with Crippen molar-refractivity contribution in [1.29, 1.82) is 0 Å². The van der Waals surface area contributed by atoms with Crippen LogP contribution in [0.5, 0.6) is 5.75 Å². The Labute approximate surface area is 83.6 Å². The molecule has 0 unspecified atom stereocenters. The lowest BCUT2D eigenvalue weighted by molar-refractivity contribution is 0.184. The van der Waals surface area contributed by atoms with E-state index in [0.717, 1.165) is 19.4 Å². The molecule has 77 valence electrons. The molecule has 0 N–H and O–H groups in total. The number of methoxy groups -OCH3 is 1. The van der Waals surface area contributed by atoms with Gasteiger partial charge in [0.25, 0.3) is 0 Å². The molecule has 0 aromatic heterocycles. The number of hydrogen-bond donors (Lipinski definition) is 0. The van der Waals surface area contributed by atoms with Gasteiger partial charge in [0, 0.05) is 25.8 Å². The van der Waals surface area contributed by atoms with Gasteiger partial charge < -0.3 is 9.47 Å². The van der Waals surface area contributed by atoms with Crippen molar-refractivity contribution in [2.75, 3.05) is 20.3 Å². The molecule has 0 amide bonds. The quantitative estimate of drug-likeness (QED) is 0.652. The lowest BCUT2D eigenvalue weighted by Crippen LogP contribution is -1.99. The number of rotatable bonds is 6. The van der Waals surface area contributed by atoms with E-state index >= 15 is 0 Å². The molecular weight excluding hydrogens is 183 g/mol. The van der Waals surface area contributed by atoms with Gasteiger partial charge in [0.1, 0.15) is 11.6 Å². The fourth-order valence-electron chi connectivity index (χ4n) is 1.05. The summed E-state index contributed by atoms with van der Waals surface area (Å²) >= 11 is 0. The van der Waals surface area contributed by atoms with Crippen molar-refractivity contribution in [3.63, 3.8) is 0 Å². The molecule has 0 bridgehead atoms. The van der Waals surface area contributed by atoms with Crippen LogP contribution in [-0.4, -0.2) is 20.3 Å². The number of unbranched alkanes of at least 4 members (excludes halogenated alkanes) is 1. The molecular formula is C11H14FO2. The maximum Gasteiger partial charge on any atom is 0.134 e. The summed E-state index contributed by atoms with van der Waals surface area (Å²) < 4.78 is 22.9. The van der Waals surface area contributed by atoms with E-state index in [1.54, 1.807) is 13.2 Å². The van der Waals surface area contributed by atoms with Gasteiger partial charge in [0.2, 0.25) is 0 Å². The summed E-state index contributed by atoms with van der Waals surface area (Å²) in [5, 5.41) is 0. The molecule has 0 atom stereocenters. The van der Waals surface area contributed by atoms with Crippen molar-refractivity contribution < 1.29 is 13.9 Å². The van der Waals surface area contributed by atoms with Gasteiger partial charge in [0.05, 0.1) is 6.61 Å². The van der Waals surface area contributed by atoms with E-state index in [1.165, 1.54) is 12.1 Å². The standard InChI is InChI=1S/C11H14FO2/c1-13-7-2-3-8-14-11-6-4-5-10(12)9-11/h4,6,9H,2-3,7-8H2,1H3. The highest BCUT2D eigenvalue weighted by Crippen LogP contribution is 2.11. The molecule has 0 saturated carbocycles. The predicted molar refractivity (Wildman–Crippen MR) is 51.8 cm³/mol. The lowest BCUT2D eigenvalue weighted by Gasteiger charge is -2.05. The van der Waals surface area contributed by atoms with Crippen LogP contribution in [0.1, 0.15) is 12.8 Å². The minimum Gasteiger partial charge on any atom is -0.493 e. The van der Waals surface area contributed by atoms with E-state index in [-0.39, 0.29) is 5.82 Å². The lowest BCUT2D eigenvalue weighted by atomic mass is 10.3. The number of hydrogen-bond acceptors (Lipinski definition) is 2. The average molecular weight is 197 g/mol. The first-order chi connectivity index (χ1) is 6.83. The molecule has 2 nitrogen and oxygen atoms in total. The van der Waals surface area contributed by atoms with E-state index in [2.05, 4.69) is 6.07 Å². The van der Waals surface area contributed by atoms with Crippen LogP contribution in [0, 0.1) is 11.9 Å². The Balaban J connectivity index is 2.18. The zero-order valence-electron chi connectivity index (χ0n) is 8.25. The zero-order chi connectivity index (χ0) is 10.2. The van der Waals surface area contributed by atoms with Crippen LogP contribution in [0.3, 0.4) is 0 Å². The van der Waals surface area contributed by atoms with Gasteiger partial charge in [-0.3, -0.25) is 0 Å². The van der Waals surface area contributed by atoms with Crippen LogP contribution in [0.25, 0.3) is 0 Å². The van der Waals surface area contributed by atoms with E-state index in [0.29, 0.717) is 12.4 Å². The third-order valence-electron chi connectivity index (χ3n) is 1.75. The third kappa shape index (κ3) is 4.23. The summed E-state index contributed by atoms with van der Waals surface area (Å²) in [7, 11) is 1.67. The minimum atomic E-state index is -0.389. The highest BCUT2D eigenvalue weighted by atomic mass is 19.1. The van der Waals surface area contributed by atoms with Gasteiger partial charge in [-0.2, -0.15) is 0 Å². The molecule has 14 heavy (non-hydrogen) atoms. The van der Waals surface area contributed by atoms with Crippen molar-refractivity contribution in [3.8, 4) is 5.75 Å². The maximum absolute atomic E-state index is 12.6. The molecule has 0 spiro atoms. The van der Waals surface area contributed by atoms with Crippen LogP contribution >= 0.6 is 0 Å². The van der Waals surface area contributed by atoms with Crippen LogP contribution < -0.4 is 4.74 Å². The summed E-state index contributed by atoms with van der Waals surface area (Å²) in [6.07, 6.45) is 1.87. The van der Waals surface area contributed by atoms with Crippen LogP contribution in [0.15, 0.2) is 18.2 Å². The Bertz CT molecular complexity index is 263. The fraction of sp³-hybridized carbons (Fsp3) is 0.455. The first kappa shape index (κ1) is 11.0.